The lowest BCUT2D eigenvalue weighted by Gasteiger charge is -2.34. The first-order chi connectivity index (χ1) is 19.4. The van der Waals surface area contributed by atoms with Crippen LogP contribution in [0.15, 0.2) is 42.5 Å². The molecular formula is C30H30ClFN6O2. The summed E-state index contributed by atoms with van der Waals surface area (Å²) in [4.78, 5) is 13.6. The van der Waals surface area contributed by atoms with Gasteiger partial charge in [0.1, 0.15) is 23.7 Å². The van der Waals surface area contributed by atoms with Gasteiger partial charge in [-0.3, -0.25) is 0 Å². The molecule has 206 valence electrons. The van der Waals surface area contributed by atoms with Crippen LogP contribution in [0, 0.1) is 17.1 Å². The highest BCUT2D eigenvalue weighted by Crippen LogP contribution is 2.42. The number of nitrogens with zero attached hydrogens (tertiary/aromatic N) is 5. The van der Waals surface area contributed by atoms with E-state index in [0.29, 0.717) is 49.4 Å². The van der Waals surface area contributed by atoms with Gasteiger partial charge in [0.05, 0.1) is 17.5 Å². The van der Waals surface area contributed by atoms with Gasteiger partial charge in [-0.1, -0.05) is 35.9 Å². The maximum atomic E-state index is 16.6. The van der Waals surface area contributed by atoms with Gasteiger partial charge in [0.2, 0.25) is 0 Å². The fourth-order valence-electron chi connectivity index (χ4n) is 5.84. The van der Waals surface area contributed by atoms with Gasteiger partial charge in [0.15, 0.2) is 5.82 Å². The van der Waals surface area contributed by atoms with Crippen LogP contribution in [0.25, 0.3) is 32.8 Å². The number of likely N-dealkylation sites (N-methyl/N-ethyl adjacent to an activating group) is 1. The van der Waals surface area contributed by atoms with Crippen LogP contribution in [0.5, 0.6) is 11.8 Å². The minimum absolute atomic E-state index is 0.0155. The number of aromatic hydroxyl groups is 1. The summed E-state index contributed by atoms with van der Waals surface area (Å²) in [7, 11) is 2.07. The first kappa shape index (κ1) is 26.5. The molecule has 2 aliphatic rings. The number of fused-ring (bicyclic) bond motifs is 2. The highest BCUT2D eigenvalue weighted by Gasteiger charge is 2.28. The summed E-state index contributed by atoms with van der Waals surface area (Å²) in [6, 6.07) is 14.8. The summed E-state index contributed by atoms with van der Waals surface area (Å²) in [5.74, 6) is -0.0625. The van der Waals surface area contributed by atoms with Crippen molar-refractivity contribution in [3.63, 3.8) is 0 Å². The van der Waals surface area contributed by atoms with Crippen LogP contribution in [0.3, 0.4) is 0 Å². The normalized spacial score (nSPS) is 19.8. The van der Waals surface area contributed by atoms with Gasteiger partial charge < -0.3 is 25.0 Å². The molecule has 0 aliphatic carbocycles. The number of benzene rings is 3. The number of hydrogen-bond donors (Lipinski definition) is 2. The fourth-order valence-corrected chi connectivity index (χ4v) is 6.13. The SMILES string of the molecule is CN1CCC[C@H]1COc1nc(N2CCNC(CC#N)C2)c2cc(Cl)c(-c3cc(O)cc4ccccc34)c(F)c2n1. The number of ether oxygens (including phenoxy) is 1. The number of aromatic nitrogens is 2. The van der Waals surface area contributed by atoms with Crippen molar-refractivity contribution >= 4 is 39.1 Å². The molecular weight excluding hydrogens is 531 g/mol. The Morgan fingerprint density at radius 3 is 2.85 bits per heavy atom. The molecule has 0 saturated carbocycles. The van der Waals surface area contributed by atoms with E-state index in [1.807, 2.05) is 29.2 Å². The molecule has 3 aromatic carbocycles. The van der Waals surface area contributed by atoms with Gasteiger partial charge in [0.25, 0.3) is 0 Å². The Morgan fingerprint density at radius 2 is 2.05 bits per heavy atom. The minimum Gasteiger partial charge on any atom is -0.508 e. The number of rotatable bonds is 6. The quantitative estimate of drug-likeness (QED) is 0.336. The van der Waals surface area contributed by atoms with E-state index in [4.69, 9.17) is 21.3 Å². The van der Waals surface area contributed by atoms with Crippen molar-refractivity contribution in [2.75, 3.05) is 44.7 Å². The van der Waals surface area contributed by atoms with Gasteiger partial charge in [-0.2, -0.15) is 15.2 Å². The van der Waals surface area contributed by atoms with Crippen LogP contribution in [0.2, 0.25) is 5.02 Å². The average Bonchev–Trinajstić information content (AvgIpc) is 3.36. The molecule has 1 unspecified atom stereocenters. The van der Waals surface area contributed by atoms with E-state index in [1.165, 1.54) is 6.07 Å². The molecule has 0 spiro atoms. The Hall–Kier alpha value is -3.71. The highest BCUT2D eigenvalue weighted by atomic mass is 35.5. The van der Waals surface area contributed by atoms with Gasteiger partial charge in [0, 0.05) is 42.7 Å². The van der Waals surface area contributed by atoms with Crippen molar-refractivity contribution in [3.05, 3.63) is 53.3 Å². The summed E-state index contributed by atoms with van der Waals surface area (Å²) in [5.41, 5.74) is 0.739. The maximum Gasteiger partial charge on any atom is 0.319 e. The largest absolute Gasteiger partial charge is 0.508 e. The van der Waals surface area contributed by atoms with Crippen LogP contribution < -0.4 is 15.0 Å². The lowest BCUT2D eigenvalue weighted by molar-refractivity contribution is 0.188. The standard InChI is InChI=1S/C30H30ClFN6O2/c1-37-11-4-6-20(37)17-40-30-35-28-24(29(36-30)38-12-10-34-19(16-38)8-9-33)15-25(31)26(27(28)32)23-14-21(39)13-18-5-2-3-7-22(18)23/h2-3,5,7,13-15,19-20,34,39H,4,6,8,10-12,16-17H2,1H3/t19?,20-/m0/s1. The zero-order chi connectivity index (χ0) is 27.8. The zero-order valence-corrected chi connectivity index (χ0v) is 23.0. The number of phenolic OH excluding ortho intramolecular Hbond substituents is 1. The van der Waals surface area contributed by atoms with E-state index in [2.05, 4.69) is 28.3 Å². The van der Waals surface area contributed by atoms with Crippen LogP contribution in [-0.2, 0) is 0 Å². The summed E-state index contributed by atoms with van der Waals surface area (Å²) in [5, 5.41) is 25.2. The van der Waals surface area contributed by atoms with E-state index < -0.39 is 5.82 Å². The van der Waals surface area contributed by atoms with Gasteiger partial charge in [-0.15, -0.1) is 0 Å². The van der Waals surface area contributed by atoms with Crippen molar-refractivity contribution in [1.82, 2.24) is 20.2 Å². The number of likely N-dealkylation sites (tertiary alicyclic amines) is 1. The molecule has 2 N–H and O–H groups in total. The van der Waals surface area contributed by atoms with Crippen LogP contribution in [-0.4, -0.2) is 71.9 Å². The number of nitriles is 1. The van der Waals surface area contributed by atoms with Crippen LogP contribution in [0.1, 0.15) is 19.3 Å². The average molecular weight is 561 g/mol. The molecule has 2 atom stereocenters. The fraction of sp³-hybridized carbons (Fsp3) is 0.367. The second kappa shape index (κ2) is 11.0. The Kier molecular flexibility index (Phi) is 7.32. The van der Waals surface area contributed by atoms with Crippen molar-refractivity contribution in [2.45, 2.75) is 31.3 Å². The van der Waals surface area contributed by atoms with Gasteiger partial charge in [-0.25, -0.2) is 4.39 Å². The molecule has 0 amide bonds. The Morgan fingerprint density at radius 1 is 1.20 bits per heavy atom. The number of anilines is 1. The molecule has 2 aliphatic heterocycles. The maximum absolute atomic E-state index is 16.6. The lowest BCUT2D eigenvalue weighted by atomic mass is 9.96. The molecule has 2 fully saturated rings. The monoisotopic (exact) mass is 560 g/mol. The molecule has 10 heteroatoms. The number of halogens is 2. The molecule has 3 heterocycles. The van der Waals surface area contributed by atoms with Crippen molar-refractivity contribution in [1.29, 1.82) is 5.26 Å². The predicted octanol–water partition coefficient (Wildman–Crippen LogP) is 5.11. The molecule has 0 bridgehead atoms. The molecule has 8 nitrogen and oxygen atoms in total. The van der Waals surface area contributed by atoms with Crippen molar-refractivity contribution in [3.8, 4) is 29.0 Å². The number of nitrogens with one attached hydrogen (secondary N) is 1. The predicted molar refractivity (Wildman–Crippen MR) is 154 cm³/mol. The van der Waals surface area contributed by atoms with E-state index in [9.17, 15) is 10.4 Å². The van der Waals surface area contributed by atoms with E-state index in [-0.39, 0.29) is 39.9 Å². The Labute approximate surface area is 236 Å². The molecule has 40 heavy (non-hydrogen) atoms. The van der Waals surface area contributed by atoms with E-state index in [0.717, 1.165) is 30.2 Å². The first-order valence-corrected chi connectivity index (χ1v) is 13.9. The second-order valence-electron chi connectivity index (χ2n) is 10.5. The van der Waals surface area contributed by atoms with E-state index in [1.54, 1.807) is 12.1 Å². The van der Waals surface area contributed by atoms with Gasteiger partial charge in [-0.05, 0) is 61.0 Å². The number of phenols is 1. The smallest absolute Gasteiger partial charge is 0.319 e. The summed E-state index contributed by atoms with van der Waals surface area (Å²) >= 11 is 6.80. The highest BCUT2D eigenvalue weighted by molar-refractivity contribution is 6.35. The topological polar surface area (TPSA) is 97.5 Å². The minimum atomic E-state index is -0.603. The summed E-state index contributed by atoms with van der Waals surface area (Å²) < 4.78 is 22.7. The van der Waals surface area contributed by atoms with E-state index >= 15 is 4.39 Å². The third kappa shape index (κ3) is 4.99. The van der Waals surface area contributed by atoms with Crippen molar-refractivity contribution in [2.24, 2.45) is 0 Å². The third-order valence-electron chi connectivity index (χ3n) is 7.93. The molecule has 2 saturated heterocycles. The zero-order valence-electron chi connectivity index (χ0n) is 22.2. The van der Waals surface area contributed by atoms with Crippen LogP contribution in [0.4, 0.5) is 10.2 Å². The first-order valence-electron chi connectivity index (χ1n) is 13.5. The lowest BCUT2D eigenvalue weighted by Crippen LogP contribution is -2.51. The van der Waals surface area contributed by atoms with Gasteiger partial charge >= 0.3 is 6.01 Å². The molecule has 4 aromatic rings. The second-order valence-corrected chi connectivity index (χ2v) is 10.9. The number of hydrogen-bond acceptors (Lipinski definition) is 8. The third-order valence-corrected chi connectivity index (χ3v) is 8.23. The molecule has 6 rings (SSSR count). The molecule has 0 radical (unpaired) electrons. The Balaban J connectivity index is 1.51. The summed E-state index contributed by atoms with van der Waals surface area (Å²) in [6.45, 7) is 3.22. The Bertz CT molecular complexity index is 1630. The molecule has 1 aromatic heterocycles. The number of piperazine rings is 1. The van der Waals surface area contributed by atoms with Crippen LogP contribution >= 0.6 is 11.6 Å². The van der Waals surface area contributed by atoms with Crippen molar-refractivity contribution < 1.29 is 14.2 Å². The summed E-state index contributed by atoms with van der Waals surface area (Å²) in [6.07, 6.45) is 2.47.